The Balaban J connectivity index is 1.88. The third kappa shape index (κ3) is 5.06. The number of nitrogens with one attached hydrogen (secondary N) is 2. The maximum atomic E-state index is 12.1. The topological polar surface area (TPSA) is 41.1 Å². The summed E-state index contributed by atoms with van der Waals surface area (Å²) in [7, 11) is 0. The van der Waals surface area contributed by atoms with Gasteiger partial charge in [0.2, 0.25) is 5.91 Å². The second kappa shape index (κ2) is 8.48. The van der Waals surface area contributed by atoms with Crippen molar-refractivity contribution in [1.82, 2.24) is 10.6 Å². The van der Waals surface area contributed by atoms with Crippen LogP contribution < -0.4 is 10.6 Å². The lowest BCUT2D eigenvalue weighted by molar-refractivity contribution is -0.121. The fourth-order valence-electron chi connectivity index (χ4n) is 2.38. The molecule has 122 valence electrons. The van der Waals surface area contributed by atoms with Gasteiger partial charge in [0.1, 0.15) is 0 Å². The third-order valence-electron chi connectivity index (χ3n) is 3.69. The highest BCUT2D eigenvalue weighted by atomic mass is 79.9. The summed E-state index contributed by atoms with van der Waals surface area (Å²) in [6.07, 6.45) is 0. The van der Waals surface area contributed by atoms with Crippen LogP contribution in [0, 0.1) is 0 Å². The van der Waals surface area contributed by atoms with Crippen molar-refractivity contribution < 1.29 is 4.79 Å². The van der Waals surface area contributed by atoms with Crippen LogP contribution in [-0.4, -0.2) is 12.5 Å². The summed E-state index contributed by atoms with van der Waals surface area (Å²) >= 11 is 9.68. The Morgan fingerprint density at radius 2 is 1.65 bits per heavy atom. The molecule has 0 saturated carbocycles. The quantitative estimate of drug-likeness (QED) is 0.748. The molecule has 3 nitrogen and oxygen atoms in total. The molecule has 0 fully saturated rings. The summed E-state index contributed by atoms with van der Waals surface area (Å²) in [5.74, 6) is -0.0489. The van der Waals surface area contributed by atoms with E-state index in [2.05, 4.69) is 26.6 Å². The van der Waals surface area contributed by atoms with Gasteiger partial charge in [0.05, 0.1) is 12.6 Å². The van der Waals surface area contributed by atoms with Gasteiger partial charge in [-0.1, -0.05) is 63.9 Å². The molecule has 5 heteroatoms. The van der Waals surface area contributed by atoms with Gasteiger partial charge in [-0.2, -0.15) is 0 Å². The molecule has 0 aliphatic carbocycles. The van der Waals surface area contributed by atoms with Crippen molar-refractivity contribution in [2.45, 2.75) is 25.9 Å². The fourth-order valence-corrected chi connectivity index (χ4v) is 3.31. The minimum atomic E-state index is -0.0597. The smallest absolute Gasteiger partial charge is 0.234 e. The maximum absolute atomic E-state index is 12.1. The second-order valence-electron chi connectivity index (χ2n) is 5.43. The van der Waals surface area contributed by atoms with Crippen LogP contribution in [0.2, 0.25) is 5.02 Å². The lowest BCUT2D eigenvalue weighted by atomic mass is 10.1. The Kier molecular flexibility index (Phi) is 6.63. The average molecular weight is 396 g/mol. The van der Waals surface area contributed by atoms with Crippen LogP contribution in [0.1, 0.15) is 37.1 Å². The minimum absolute atomic E-state index is 0.00761. The fraction of sp³-hybridized carbons (Fsp3) is 0.278. The van der Waals surface area contributed by atoms with Crippen molar-refractivity contribution in [3.05, 3.63) is 69.2 Å². The van der Waals surface area contributed by atoms with Crippen molar-refractivity contribution in [2.24, 2.45) is 0 Å². The Bertz CT molecular complexity index is 678. The second-order valence-corrected chi connectivity index (χ2v) is 6.70. The monoisotopic (exact) mass is 394 g/mol. The van der Waals surface area contributed by atoms with E-state index in [1.165, 1.54) is 0 Å². The largest absolute Gasteiger partial charge is 0.348 e. The first-order valence-corrected chi connectivity index (χ1v) is 8.67. The average Bonchev–Trinajstić information content (AvgIpc) is 2.53. The molecule has 2 aromatic rings. The molecule has 2 aromatic carbocycles. The number of amides is 1. The van der Waals surface area contributed by atoms with Crippen LogP contribution in [-0.2, 0) is 4.79 Å². The molecule has 23 heavy (non-hydrogen) atoms. The molecule has 0 heterocycles. The molecule has 0 aliphatic rings. The van der Waals surface area contributed by atoms with E-state index in [0.717, 1.165) is 15.6 Å². The van der Waals surface area contributed by atoms with Crippen LogP contribution >= 0.6 is 27.5 Å². The Labute approximate surface area is 150 Å². The van der Waals surface area contributed by atoms with Crippen LogP contribution in [0.15, 0.2) is 53.0 Å². The van der Waals surface area contributed by atoms with Crippen molar-refractivity contribution in [3.63, 3.8) is 0 Å². The number of hydrogen-bond donors (Lipinski definition) is 2. The number of carbonyl (C=O) groups is 1. The SMILES string of the molecule is C[C@@H](NCC(=O)N[C@H](C)c1ccccc1Br)c1ccccc1Cl. The number of rotatable bonds is 6. The van der Waals surface area contributed by atoms with Gasteiger partial charge in [-0.15, -0.1) is 0 Å². The van der Waals surface area contributed by atoms with Gasteiger partial charge >= 0.3 is 0 Å². The zero-order chi connectivity index (χ0) is 16.8. The van der Waals surface area contributed by atoms with Crippen LogP contribution in [0.3, 0.4) is 0 Å². The molecule has 1 amide bonds. The van der Waals surface area contributed by atoms with E-state index in [9.17, 15) is 4.79 Å². The first kappa shape index (κ1) is 18.0. The van der Waals surface area contributed by atoms with E-state index in [1.54, 1.807) is 0 Å². The molecular formula is C18H20BrClN2O. The molecule has 0 spiro atoms. The molecule has 2 atom stereocenters. The van der Waals surface area contributed by atoms with Gasteiger partial charge in [-0.25, -0.2) is 0 Å². The molecular weight excluding hydrogens is 376 g/mol. The number of carbonyl (C=O) groups excluding carboxylic acids is 1. The van der Waals surface area contributed by atoms with Crippen molar-refractivity contribution in [1.29, 1.82) is 0 Å². The van der Waals surface area contributed by atoms with Gasteiger partial charge in [0.15, 0.2) is 0 Å². The predicted molar refractivity (Wildman–Crippen MR) is 98.6 cm³/mol. The summed E-state index contributed by atoms with van der Waals surface area (Å²) in [5.41, 5.74) is 2.04. The van der Waals surface area contributed by atoms with Crippen LogP contribution in [0.4, 0.5) is 0 Å². The highest BCUT2D eigenvalue weighted by molar-refractivity contribution is 9.10. The van der Waals surface area contributed by atoms with Gasteiger partial charge in [0.25, 0.3) is 0 Å². The van der Waals surface area contributed by atoms with E-state index < -0.39 is 0 Å². The van der Waals surface area contributed by atoms with Gasteiger partial charge in [-0.05, 0) is 37.1 Å². The first-order valence-electron chi connectivity index (χ1n) is 7.50. The number of benzene rings is 2. The Morgan fingerprint density at radius 1 is 1.04 bits per heavy atom. The highest BCUT2D eigenvalue weighted by Crippen LogP contribution is 2.23. The zero-order valence-electron chi connectivity index (χ0n) is 13.1. The molecule has 0 aliphatic heterocycles. The van der Waals surface area contributed by atoms with Crippen LogP contribution in [0.25, 0.3) is 0 Å². The lowest BCUT2D eigenvalue weighted by Crippen LogP contribution is -2.36. The molecule has 0 radical (unpaired) electrons. The summed E-state index contributed by atoms with van der Waals surface area (Å²) < 4.78 is 0.991. The van der Waals surface area contributed by atoms with Crippen molar-refractivity contribution >= 4 is 33.4 Å². The summed E-state index contributed by atoms with van der Waals surface area (Å²) in [4.78, 5) is 12.1. The van der Waals surface area contributed by atoms with E-state index in [4.69, 9.17) is 11.6 Å². The minimum Gasteiger partial charge on any atom is -0.348 e. The number of halogens is 2. The van der Waals surface area contributed by atoms with Crippen molar-refractivity contribution in [2.75, 3.05) is 6.54 Å². The van der Waals surface area contributed by atoms with E-state index >= 15 is 0 Å². The maximum Gasteiger partial charge on any atom is 0.234 e. The van der Waals surface area contributed by atoms with Gasteiger partial charge < -0.3 is 10.6 Å². The highest BCUT2D eigenvalue weighted by Gasteiger charge is 2.14. The normalized spacial score (nSPS) is 13.4. The molecule has 2 rings (SSSR count). The van der Waals surface area contributed by atoms with E-state index in [-0.39, 0.29) is 24.5 Å². The summed E-state index contributed by atoms with van der Waals surface area (Å²) in [5, 5.41) is 6.90. The van der Waals surface area contributed by atoms with Crippen LogP contribution in [0.5, 0.6) is 0 Å². The molecule has 0 aromatic heterocycles. The number of hydrogen-bond acceptors (Lipinski definition) is 2. The first-order chi connectivity index (χ1) is 11.0. The Morgan fingerprint density at radius 3 is 2.30 bits per heavy atom. The zero-order valence-corrected chi connectivity index (χ0v) is 15.5. The third-order valence-corrected chi connectivity index (χ3v) is 4.76. The predicted octanol–water partition coefficient (Wildman–Crippen LogP) is 4.63. The molecule has 2 N–H and O–H groups in total. The summed E-state index contributed by atoms with van der Waals surface area (Å²) in [6.45, 7) is 4.20. The van der Waals surface area contributed by atoms with Crippen molar-refractivity contribution in [3.8, 4) is 0 Å². The standard InChI is InChI=1S/C18H20BrClN2O/c1-12(15-8-4-6-10-17(15)20)21-11-18(23)22-13(2)14-7-3-5-9-16(14)19/h3-10,12-13,21H,11H2,1-2H3,(H,22,23)/t12-,13-/m1/s1. The van der Waals surface area contributed by atoms with Gasteiger partial charge in [0, 0.05) is 15.5 Å². The summed E-state index contributed by atoms with van der Waals surface area (Å²) in [6, 6.07) is 15.5. The van der Waals surface area contributed by atoms with E-state index in [0.29, 0.717) is 5.02 Å². The Hall–Kier alpha value is -1.36. The lowest BCUT2D eigenvalue weighted by Gasteiger charge is -2.18. The van der Waals surface area contributed by atoms with Gasteiger partial charge in [-0.3, -0.25) is 4.79 Å². The van der Waals surface area contributed by atoms with E-state index in [1.807, 2.05) is 62.4 Å². The molecule has 0 unspecified atom stereocenters. The molecule has 0 saturated heterocycles. The molecule has 0 bridgehead atoms.